The number of nitrogens with zero attached hydrogens (tertiary/aromatic N) is 3. The number of likely N-dealkylation sites (tertiary alicyclic amines) is 2. The molecule has 0 saturated carbocycles. The number of amides is 1. The van der Waals surface area contributed by atoms with Crippen LogP contribution in [0.2, 0.25) is 0 Å². The van der Waals surface area contributed by atoms with Crippen LogP contribution in [0.4, 0.5) is 0 Å². The number of rotatable bonds is 3. The number of hydrogen-bond donors (Lipinski definition) is 0. The molecule has 2 aliphatic rings. The SMILES string of the molecule is COC1CN(C)C(=O)C2(CCN(Cc3cc4ccccc4n(C)c3=O)CC2)C1. The highest BCUT2D eigenvalue weighted by Gasteiger charge is 2.47. The molecule has 2 aliphatic heterocycles. The number of likely N-dealkylation sites (N-methyl/N-ethyl adjacent to an activating group) is 1. The zero-order valence-electron chi connectivity index (χ0n) is 17.0. The van der Waals surface area contributed by atoms with E-state index in [1.807, 2.05) is 49.3 Å². The van der Waals surface area contributed by atoms with Gasteiger partial charge in [-0.1, -0.05) is 18.2 Å². The lowest BCUT2D eigenvalue weighted by molar-refractivity contribution is -0.156. The van der Waals surface area contributed by atoms with Crippen LogP contribution in [-0.2, 0) is 23.1 Å². The van der Waals surface area contributed by atoms with E-state index in [0.29, 0.717) is 13.1 Å². The zero-order chi connectivity index (χ0) is 19.9. The lowest BCUT2D eigenvalue weighted by Gasteiger charge is -2.47. The molecule has 1 aromatic heterocycles. The standard InChI is InChI=1S/C22H29N3O3/c1-23-15-18(28-3)13-22(21(23)27)8-10-25(11-9-22)14-17-12-16-6-4-5-7-19(16)24(2)20(17)26/h4-7,12,18H,8-11,13-15H2,1-3H3. The molecule has 2 fully saturated rings. The molecule has 1 aromatic carbocycles. The van der Waals surface area contributed by atoms with E-state index in [4.69, 9.17) is 4.74 Å². The van der Waals surface area contributed by atoms with Gasteiger partial charge in [0.25, 0.3) is 5.56 Å². The Balaban J connectivity index is 1.51. The number of carbonyl (C=O) groups is 1. The molecule has 1 atom stereocenters. The maximum atomic E-state index is 12.9. The van der Waals surface area contributed by atoms with Crippen LogP contribution in [0, 0.1) is 5.41 Å². The molecule has 28 heavy (non-hydrogen) atoms. The second kappa shape index (κ2) is 7.33. The quantitative estimate of drug-likeness (QED) is 0.814. The molecule has 2 aromatic rings. The molecule has 1 unspecified atom stereocenters. The third-order valence-corrected chi connectivity index (χ3v) is 6.64. The summed E-state index contributed by atoms with van der Waals surface area (Å²) in [7, 11) is 5.44. The first-order chi connectivity index (χ1) is 13.4. The number of piperidine rings is 2. The van der Waals surface area contributed by atoms with Gasteiger partial charge in [0.1, 0.15) is 0 Å². The molecule has 1 spiro atoms. The largest absolute Gasteiger partial charge is 0.380 e. The fourth-order valence-corrected chi connectivity index (χ4v) is 4.94. The Bertz CT molecular complexity index is 944. The van der Waals surface area contributed by atoms with Gasteiger partial charge in [-0.05, 0) is 49.9 Å². The molecule has 2 saturated heterocycles. The summed E-state index contributed by atoms with van der Waals surface area (Å²) in [5.74, 6) is 0.252. The summed E-state index contributed by atoms with van der Waals surface area (Å²) in [6.07, 6.45) is 2.56. The molecule has 4 rings (SSSR count). The molecule has 6 heteroatoms. The molecular weight excluding hydrogens is 354 g/mol. The van der Waals surface area contributed by atoms with Crippen molar-refractivity contribution in [2.75, 3.05) is 33.8 Å². The molecule has 0 N–H and O–H groups in total. The zero-order valence-corrected chi connectivity index (χ0v) is 17.0. The fourth-order valence-electron chi connectivity index (χ4n) is 4.94. The van der Waals surface area contributed by atoms with Crippen molar-refractivity contribution in [1.29, 1.82) is 0 Å². The second-order valence-corrected chi connectivity index (χ2v) is 8.40. The van der Waals surface area contributed by atoms with E-state index in [2.05, 4.69) is 4.90 Å². The summed E-state index contributed by atoms with van der Waals surface area (Å²) in [5.41, 5.74) is 1.53. The lowest BCUT2D eigenvalue weighted by atomic mass is 9.71. The summed E-state index contributed by atoms with van der Waals surface area (Å²) < 4.78 is 7.31. The highest BCUT2D eigenvalue weighted by Crippen LogP contribution is 2.41. The predicted octanol–water partition coefficient (Wildman–Crippen LogP) is 2.00. The first-order valence-corrected chi connectivity index (χ1v) is 10.0. The predicted molar refractivity (Wildman–Crippen MR) is 109 cm³/mol. The highest BCUT2D eigenvalue weighted by atomic mass is 16.5. The van der Waals surface area contributed by atoms with Crippen molar-refractivity contribution < 1.29 is 9.53 Å². The second-order valence-electron chi connectivity index (χ2n) is 8.40. The summed E-state index contributed by atoms with van der Waals surface area (Å²) in [6.45, 7) is 2.96. The van der Waals surface area contributed by atoms with E-state index in [9.17, 15) is 9.59 Å². The minimum atomic E-state index is -0.307. The van der Waals surface area contributed by atoms with Gasteiger partial charge >= 0.3 is 0 Å². The Hall–Kier alpha value is -2.18. The molecule has 0 radical (unpaired) electrons. The van der Waals surface area contributed by atoms with Crippen molar-refractivity contribution in [3.05, 3.63) is 46.2 Å². The van der Waals surface area contributed by atoms with Crippen molar-refractivity contribution >= 4 is 16.8 Å². The fraction of sp³-hybridized carbons (Fsp3) is 0.545. The van der Waals surface area contributed by atoms with Crippen LogP contribution < -0.4 is 5.56 Å². The first-order valence-electron chi connectivity index (χ1n) is 10.0. The van der Waals surface area contributed by atoms with Gasteiger partial charge in [-0.3, -0.25) is 14.5 Å². The molecule has 0 bridgehead atoms. The van der Waals surface area contributed by atoms with Crippen LogP contribution >= 0.6 is 0 Å². The topological polar surface area (TPSA) is 54.8 Å². The minimum absolute atomic E-state index is 0.0620. The molecule has 150 valence electrons. The first kappa shape index (κ1) is 19.2. The Morgan fingerprint density at radius 2 is 1.86 bits per heavy atom. The Kier molecular flexibility index (Phi) is 5.02. The summed E-state index contributed by atoms with van der Waals surface area (Å²) in [4.78, 5) is 29.8. The maximum Gasteiger partial charge on any atom is 0.255 e. The molecular formula is C22H29N3O3. The van der Waals surface area contributed by atoms with Gasteiger partial charge in [-0.15, -0.1) is 0 Å². The third-order valence-electron chi connectivity index (χ3n) is 6.64. The average Bonchev–Trinajstić information content (AvgIpc) is 2.71. The number of aromatic nitrogens is 1. The molecule has 0 aliphatic carbocycles. The van der Waals surface area contributed by atoms with Crippen molar-refractivity contribution in [3.8, 4) is 0 Å². The summed E-state index contributed by atoms with van der Waals surface area (Å²) in [6, 6.07) is 9.99. The summed E-state index contributed by atoms with van der Waals surface area (Å²) >= 11 is 0. The van der Waals surface area contributed by atoms with Crippen LogP contribution in [-0.4, -0.2) is 60.2 Å². The Morgan fingerprint density at radius 1 is 1.14 bits per heavy atom. The normalized spacial score (nSPS) is 22.9. The van der Waals surface area contributed by atoms with E-state index in [1.54, 1.807) is 11.7 Å². The van der Waals surface area contributed by atoms with E-state index in [1.165, 1.54) is 0 Å². The van der Waals surface area contributed by atoms with Crippen molar-refractivity contribution in [2.24, 2.45) is 12.5 Å². The van der Waals surface area contributed by atoms with E-state index < -0.39 is 0 Å². The van der Waals surface area contributed by atoms with Gasteiger partial charge in [0.05, 0.1) is 17.0 Å². The Labute approximate surface area is 165 Å². The van der Waals surface area contributed by atoms with Crippen LogP contribution in [0.25, 0.3) is 10.9 Å². The smallest absolute Gasteiger partial charge is 0.255 e. The van der Waals surface area contributed by atoms with Crippen LogP contribution in [0.3, 0.4) is 0 Å². The number of carbonyl (C=O) groups excluding carboxylic acids is 1. The van der Waals surface area contributed by atoms with Crippen LogP contribution in [0.1, 0.15) is 24.8 Å². The molecule has 1 amide bonds. The van der Waals surface area contributed by atoms with E-state index in [0.717, 1.165) is 48.8 Å². The molecule has 3 heterocycles. The lowest BCUT2D eigenvalue weighted by Crippen LogP contribution is -2.56. The van der Waals surface area contributed by atoms with Gasteiger partial charge in [0, 0.05) is 39.9 Å². The third kappa shape index (κ3) is 3.25. The monoisotopic (exact) mass is 383 g/mol. The van der Waals surface area contributed by atoms with Crippen LogP contribution in [0.5, 0.6) is 0 Å². The van der Waals surface area contributed by atoms with E-state index in [-0.39, 0.29) is 23.0 Å². The Morgan fingerprint density at radius 3 is 2.57 bits per heavy atom. The number of ether oxygens (including phenoxy) is 1. The maximum absolute atomic E-state index is 12.9. The number of methoxy groups -OCH3 is 1. The number of para-hydroxylation sites is 1. The van der Waals surface area contributed by atoms with Gasteiger partial charge < -0.3 is 14.2 Å². The number of benzene rings is 1. The molecule has 6 nitrogen and oxygen atoms in total. The average molecular weight is 383 g/mol. The van der Waals surface area contributed by atoms with E-state index >= 15 is 0 Å². The number of aryl methyl sites for hydroxylation is 1. The van der Waals surface area contributed by atoms with Crippen molar-refractivity contribution in [3.63, 3.8) is 0 Å². The van der Waals surface area contributed by atoms with Crippen molar-refractivity contribution in [1.82, 2.24) is 14.4 Å². The number of fused-ring (bicyclic) bond motifs is 1. The minimum Gasteiger partial charge on any atom is -0.380 e. The van der Waals surface area contributed by atoms with Crippen LogP contribution in [0.15, 0.2) is 35.1 Å². The highest BCUT2D eigenvalue weighted by molar-refractivity contribution is 5.83. The number of hydrogen-bond acceptors (Lipinski definition) is 4. The van der Waals surface area contributed by atoms with Crippen molar-refractivity contribution in [2.45, 2.75) is 31.9 Å². The van der Waals surface area contributed by atoms with Gasteiger partial charge in [-0.2, -0.15) is 0 Å². The van der Waals surface area contributed by atoms with Gasteiger partial charge in [-0.25, -0.2) is 0 Å². The number of pyridine rings is 1. The van der Waals surface area contributed by atoms with Gasteiger partial charge in [0.2, 0.25) is 5.91 Å². The summed E-state index contributed by atoms with van der Waals surface area (Å²) in [5, 5.41) is 1.08. The van der Waals surface area contributed by atoms with Gasteiger partial charge in [0.15, 0.2) is 0 Å².